The molecule has 0 aliphatic carbocycles. The first-order chi connectivity index (χ1) is 5.77. The minimum absolute atomic E-state index is 0.0601. The number of aryl methyl sites for hydroxylation is 1. The quantitative estimate of drug-likeness (QED) is 0.650. The van der Waals surface area contributed by atoms with E-state index in [1.807, 2.05) is 32.0 Å². The predicted molar refractivity (Wildman–Crippen MR) is 49.8 cm³/mol. The average Bonchev–Trinajstić information content (AvgIpc) is 2.07. The molecule has 0 spiro atoms. The molecule has 62 valence electrons. The van der Waals surface area contributed by atoms with Crippen molar-refractivity contribution in [1.29, 1.82) is 5.26 Å². The molecule has 0 radical (unpaired) electrons. The maximum Gasteiger partial charge on any atom is 0.0710 e. The Morgan fingerprint density at radius 1 is 1.50 bits per heavy atom. The SMILES string of the molecule is CCC(C#N)c1cccc(C)c1. The Morgan fingerprint density at radius 2 is 2.25 bits per heavy atom. The van der Waals surface area contributed by atoms with E-state index in [0.717, 1.165) is 12.0 Å². The molecule has 0 aliphatic heterocycles. The number of nitriles is 1. The summed E-state index contributed by atoms with van der Waals surface area (Å²) in [4.78, 5) is 0. The fourth-order valence-corrected chi connectivity index (χ4v) is 1.29. The first-order valence-corrected chi connectivity index (χ1v) is 4.24. The Labute approximate surface area is 73.6 Å². The molecule has 1 rings (SSSR count). The number of benzene rings is 1. The molecule has 1 heteroatoms. The van der Waals surface area contributed by atoms with Gasteiger partial charge in [-0.3, -0.25) is 0 Å². The van der Waals surface area contributed by atoms with E-state index in [-0.39, 0.29) is 5.92 Å². The topological polar surface area (TPSA) is 23.8 Å². The Bertz CT molecular complexity index is 296. The van der Waals surface area contributed by atoms with Crippen LogP contribution in [0.3, 0.4) is 0 Å². The van der Waals surface area contributed by atoms with Crippen LogP contribution >= 0.6 is 0 Å². The van der Waals surface area contributed by atoms with Gasteiger partial charge in [0.05, 0.1) is 12.0 Å². The first kappa shape index (κ1) is 8.80. The number of nitrogens with zero attached hydrogens (tertiary/aromatic N) is 1. The lowest BCUT2D eigenvalue weighted by Gasteiger charge is -2.06. The molecular formula is C11H13N. The fourth-order valence-electron chi connectivity index (χ4n) is 1.29. The van der Waals surface area contributed by atoms with E-state index in [1.165, 1.54) is 5.56 Å². The van der Waals surface area contributed by atoms with Crippen LogP contribution in [0.1, 0.15) is 30.4 Å². The highest BCUT2D eigenvalue weighted by Gasteiger charge is 2.06. The summed E-state index contributed by atoms with van der Waals surface area (Å²) in [7, 11) is 0. The van der Waals surface area contributed by atoms with Gasteiger partial charge in [-0.15, -0.1) is 0 Å². The molecule has 0 bridgehead atoms. The molecule has 0 amide bonds. The molecule has 0 saturated carbocycles. The average molecular weight is 159 g/mol. The third-order valence-electron chi connectivity index (χ3n) is 2.01. The summed E-state index contributed by atoms with van der Waals surface area (Å²) >= 11 is 0. The molecule has 0 heterocycles. The molecule has 12 heavy (non-hydrogen) atoms. The van der Waals surface area contributed by atoms with E-state index in [0.29, 0.717) is 0 Å². The van der Waals surface area contributed by atoms with Crippen molar-refractivity contribution in [1.82, 2.24) is 0 Å². The molecule has 1 atom stereocenters. The molecule has 0 N–H and O–H groups in total. The van der Waals surface area contributed by atoms with Crippen LogP contribution in [-0.2, 0) is 0 Å². The van der Waals surface area contributed by atoms with Crippen molar-refractivity contribution < 1.29 is 0 Å². The van der Waals surface area contributed by atoms with Gasteiger partial charge in [-0.25, -0.2) is 0 Å². The summed E-state index contributed by atoms with van der Waals surface area (Å²) < 4.78 is 0. The van der Waals surface area contributed by atoms with Crippen LogP contribution in [0.15, 0.2) is 24.3 Å². The fraction of sp³-hybridized carbons (Fsp3) is 0.364. The smallest absolute Gasteiger partial charge is 0.0710 e. The van der Waals surface area contributed by atoms with E-state index < -0.39 is 0 Å². The summed E-state index contributed by atoms with van der Waals surface area (Å²) in [5.41, 5.74) is 2.36. The van der Waals surface area contributed by atoms with Gasteiger partial charge in [-0.05, 0) is 18.9 Å². The number of hydrogen-bond acceptors (Lipinski definition) is 1. The zero-order valence-electron chi connectivity index (χ0n) is 7.54. The van der Waals surface area contributed by atoms with Crippen LogP contribution in [0.4, 0.5) is 0 Å². The maximum absolute atomic E-state index is 8.82. The standard InChI is InChI=1S/C11H13N/c1-3-10(8-12)11-6-4-5-9(2)7-11/h4-7,10H,3H2,1-2H3. The molecule has 1 aromatic rings. The molecule has 0 aromatic heterocycles. The van der Waals surface area contributed by atoms with Crippen molar-refractivity contribution in [3.63, 3.8) is 0 Å². The lowest BCUT2D eigenvalue weighted by molar-refractivity contribution is 0.817. The Kier molecular flexibility index (Phi) is 2.88. The largest absolute Gasteiger partial charge is 0.198 e. The highest BCUT2D eigenvalue weighted by Crippen LogP contribution is 2.18. The van der Waals surface area contributed by atoms with Gasteiger partial charge in [0.2, 0.25) is 0 Å². The van der Waals surface area contributed by atoms with Crippen LogP contribution in [0.5, 0.6) is 0 Å². The van der Waals surface area contributed by atoms with Crippen LogP contribution in [0.2, 0.25) is 0 Å². The monoisotopic (exact) mass is 159 g/mol. The minimum Gasteiger partial charge on any atom is -0.198 e. The van der Waals surface area contributed by atoms with Gasteiger partial charge in [0, 0.05) is 0 Å². The normalized spacial score (nSPS) is 12.1. The summed E-state index contributed by atoms with van der Waals surface area (Å²) in [5, 5.41) is 8.82. The van der Waals surface area contributed by atoms with E-state index >= 15 is 0 Å². The zero-order chi connectivity index (χ0) is 8.97. The van der Waals surface area contributed by atoms with E-state index in [4.69, 9.17) is 5.26 Å². The number of hydrogen-bond donors (Lipinski definition) is 0. The van der Waals surface area contributed by atoms with E-state index in [9.17, 15) is 0 Å². The van der Waals surface area contributed by atoms with E-state index in [1.54, 1.807) is 0 Å². The van der Waals surface area contributed by atoms with Gasteiger partial charge in [0.1, 0.15) is 0 Å². The van der Waals surface area contributed by atoms with Gasteiger partial charge in [0.25, 0.3) is 0 Å². The molecule has 1 aromatic carbocycles. The van der Waals surface area contributed by atoms with Gasteiger partial charge in [-0.1, -0.05) is 36.8 Å². The van der Waals surface area contributed by atoms with Crippen LogP contribution in [0, 0.1) is 18.3 Å². The van der Waals surface area contributed by atoms with E-state index in [2.05, 4.69) is 12.1 Å². The molecular weight excluding hydrogens is 146 g/mol. The highest BCUT2D eigenvalue weighted by atomic mass is 14.3. The third-order valence-corrected chi connectivity index (χ3v) is 2.01. The Morgan fingerprint density at radius 3 is 2.75 bits per heavy atom. The molecule has 0 saturated heterocycles. The highest BCUT2D eigenvalue weighted by molar-refractivity contribution is 5.28. The van der Waals surface area contributed by atoms with Crippen molar-refractivity contribution in [2.75, 3.05) is 0 Å². The van der Waals surface area contributed by atoms with Gasteiger partial charge in [-0.2, -0.15) is 5.26 Å². The molecule has 0 aliphatic rings. The summed E-state index contributed by atoms with van der Waals surface area (Å²) in [6, 6.07) is 10.4. The van der Waals surface area contributed by atoms with Crippen LogP contribution in [0.25, 0.3) is 0 Å². The molecule has 0 fully saturated rings. The van der Waals surface area contributed by atoms with Crippen molar-refractivity contribution >= 4 is 0 Å². The van der Waals surface area contributed by atoms with Crippen molar-refractivity contribution in [3.8, 4) is 6.07 Å². The van der Waals surface area contributed by atoms with Crippen molar-refractivity contribution in [2.24, 2.45) is 0 Å². The van der Waals surface area contributed by atoms with Crippen LogP contribution < -0.4 is 0 Å². The second-order valence-corrected chi connectivity index (χ2v) is 3.00. The maximum atomic E-state index is 8.82. The zero-order valence-corrected chi connectivity index (χ0v) is 7.54. The van der Waals surface area contributed by atoms with Gasteiger partial charge < -0.3 is 0 Å². The Hall–Kier alpha value is -1.29. The van der Waals surface area contributed by atoms with Crippen molar-refractivity contribution in [3.05, 3.63) is 35.4 Å². The second-order valence-electron chi connectivity index (χ2n) is 3.00. The molecule has 1 unspecified atom stereocenters. The predicted octanol–water partition coefficient (Wildman–Crippen LogP) is 3.01. The van der Waals surface area contributed by atoms with Gasteiger partial charge >= 0.3 is 0 Å². The summed E-state index contributed by atoms with van der Waals surface area (Å²) in [6.45, 7) is 4.09. The molecule has 1 nitrogen and oxygen atoms in total. The lowest BCUT2D eigenvalue weighted by atomic mass is 9.97. The summed E-state index contributed by atoms with van der Waals surface area (Å²) in [6.07, 6.45) is 0.889. The Balaban J connectivity index is 2.95. The summed E-state index contributed by atoms with van der Waals surface area (Å²) in [5.74, 6) is 0.0601. The third kappa shape index (κ3) is 1.85. The number of rotatable bonds is 2. The van der Waals surface area contributed by atoms with Gasteiger partial charge in [0.15, 0.2) is 0 Å². The van der Waals surface area contributed by atoms with Crippen LogP contribution in [-0.4, -0.2) is 0 Å². The minimum atomic E-state index is 0.0601. The van der Waals surface area contributed by atoms with Crippen molar-refractivity contribution in [2.45, 2.75) is 26.2 Å². The lowest BCUT2D eigenvalue weighted by Crippen LogP contribution is -1.93. The second kappa shape index (κ2) is 3.92. The first-order valence-electron chi connectivity index (χ1n) is 4.24.